The zero-order valence-corrected chi connectivity index (χ0v) is 7.42. The second kappa shape index (κ2) is 5.13. The van der Waals surface area contributed by atoms with Crippen LogP contribution in [0, 0.1) is 5.92 Å². The number of nitrogens with one attached hydrogen (secondary N) is 1. The standard InChI is InChI=1S/C8H17NO2/c1-4-7(5-10)8(11)9-6(2)3/h6-7,10H,4-5H2,1-3H3,(H,9,11). The summed E-state index contributed by atoms with van der Waals surface area (Å²) in [7, 11) is 0. The van der Waals surface area contributed by atoms with Gasteiger partial charge in [0.15, 0.2) is 0 Å². The lowest BCUT2D eigenvalue weighted by Gasteiger charge is -2.14. The molecular formula is C8H17NO2. The monoisotopic (exact) mass is 159 g/mol. The molecule has 0 saturated carbocycles. The van der Waals surface area contributed by atoms with E-state index in [1.807, 2.05) is 20.8 Å². The van der Waals surface area contributed by atoms with E-state index in [0.29, 0.717) is 6.42 Å². The van der Waals surface area contributed by atoms with Crippen molar-refractivity contribution in [3.63, 3.8) is 0 Å². The van der Waals surface area contributed by atoms with Crippen molar-refractivity contribution in [1.82, 2.24) is 5.32 Å². The molecule has 0 rings (SSSR count). The molecule has 0 bridgehead atoms. The van der Waals surface area contributed by atoms with E-state index in [1.54, 1.807) is 0 Å². The summed E-state index contributed by atoms with van der Waals surface area (Å²) in [4.78, 5) is 11.1. The number of aliphatic hydroxyl groups excluding tert-OH is 1. The third kappa shape index (κ3) is 3.98. The van der Waals surface area contributed by atoms with E-state index in [1.165, 1.54) is 0 Å². The molecule has 3 heteroatoms. The molecular weight excluding hydrogens is 142 g/mol. The fourth-order valence-corrected chi connectivity index (χ4v) is 0.800. The zero-order chi connectivity index (χ0) is 8.85. The van der Waals surface area contributed by atoms with Gasteiger partial charge in [-0.05, 0) is 20.3 Å². The second-order valence-electron chi connectivity index (χ2n) is 2.95. The number of aliphatic hydroxyl groups is 1. The van der Waals surface area contributed by atoms with Crippen molar-refractivity contribution in [2.24, 2.45) is 5.92 Å². The molecule has 11 heavy (non-hydrogen) atoms. The van der Waals surface area contributed by atoms with Crippen LogP contribution < -0.4 is 5.32 Å². The van der Waals surface area contributed by atoms with E-state index in [4.69, 9.17) is 5.11 Å². The molecule has 0 heterocycles. The number of amides is 1. The number of hydrogen-bond acceptors (Lipinski definition) is 2. The highest BCUT2D eigenvalue weighted by Gasteiger charge is 2.14. The molecule has 0 fully saturated rings. The quantitative estimate of drug-likeness (QED) is 0.628. The molecule has 0 radical (unpaired) electrons. The Morgan fingerprint density at radius 1 is 1.55 bits per heavy atom. The van der Waals surface area contributed by atoms with Crippen LogP contribution in [0.3, 0.4) is 0 Å². The molecule has 0 aromatic heterocycles. The third-order valence-electron chi connectivity index (χ3n) is 1.51. The Morgan fingerprint density at radius 3 is 2.36 bits per heavy atom. The molecule has 0 aromatic carbocycles. The lowest BCUT2D eigenvalue weighted by atomic mass is 10.1. The van der Waals surface area contributed by atoms with Gasteiger partial charge in [0.1, 0.15) is 0 Å². The van der Waals surface area contributed by atoms with Crippen LogP contribution in [-0.4, -0.2) is 23.7 Å². The molecule has 0 aliphatic carbocycles. The van der Waals surface area contributed by atoms with Crippen LogP contribution in [-0.2, 0) is 4.79 Å². The first-order valence-electron chi connectivity index (χ1n) is 4.03. The molecule has 0 aliphatic heterocycles. The van der Waals surface area contributed by atoms with Gasteiger partial charge in [-0.2, -0.15) is 0 Å². The zero-order valence-electron chi connectivity index (χ0n) is 7.42. The van der Waals surface area contributed by atoms with Gasteiger partial charge >= 0.3 is 0 Å². The Balaban J connectivity index is 3.79. The maximum atomic E-state index is 11.1. The van der Waals surface area contributed by atoms with Gasteiger partial charge in [0.2, 0.25) is 5.91 Å². The Labute approximate surface area is 67.8 Å². The fraction of sp³-hybridized carbons (Fsp3) is 0.875. The van der Waals surface area contributed by atoms with Crippen molar-refractivity contribution in [3.8, 4) is 0 Å². The van der Waals surface area contributed by atoms with Gasteiger partial charge in [0.05, 0.1) is 12.5 Å². The topological polar surface area (TPSA) is 49.3 Å². The highest BCUT2D eigenvalue weighted by atomic mass is 16.3. The van der Waals surface area contributed by atoms with Gasteiger partial charge in [-0.15, -0.1) is 0 Å². The van der Waals surface area contributed by atoms with Gasteiger partial charge < -0.3 is 10.4 Å². The summed E-state index contributed by atoms with van der Waals surface area (Å²) in [6.07, 6.45) is 0.690. The molecule has 3 nitrogen and oxygen atoms in total. The molecule has 0 aliphatic rings. The van der Waals surface area contributed by atoms with E-state index in [0.717, 1.165) is 0 Å². The van der Waals surface area contributed by atoms with E-state index in [-0.39, 0.29) is 24.5 Å². The summed E-state index contributed by atoms with van der Waals surface area (Å²) in [5, 5.41) is 11.5. The Bertz CT molecular complexity index is 119. The number of carbonyl (C=O) groups is 1. The van der Waals surface area contributed by atoms with Crippen LogP contribution in [0.25, 0.3) is 0 Å². The predicted octanol–water partition coefficient (Wildman–Crippen LogP) is 0.529. The lowest BCUT2D eigenvalue weighted by molar-refractivity contribution is -0.126. The normalized spacial score (nSPS) is 13.2. The van der Waals surface area contributed by atoms with E-state index >= 15 is 0 Å². The summed E-state index contributed by atoms with van der Waals surface area (Å²) in [6, 6.07) is 0.156. The number of rotatable bonds is 4. The minimum atomic E-state index is -0.239. The van der Waals surface area contributed by atoms with E-state index in [9.17, 15) is 4.79 Å². The minimum absolute atomic E-state index is 0.0509. The highest BCUT2D eigenvalue weighted by molar-refractivity contribution is 5.78. The number of hydrogen-bond donors (Lipinski definition) is 2. The largest absolute Gasteiger partial charge is 0.396 e. The summed E-state index contributed by atoms with van der Waals surface area (Å²) in [5.41, 5.74) is 0. The molecule has 1 amide bonds. The first kappa shape index (κ1) is 10.4. The second-order valence-corrected chi connectivity index (χ2v) is 2.95. The fourth-order valence-electron chi connectivity index (χ4n) is 0.800. The molecule has 0 saturated heterocycles. The smallest absolute Gasteiger partial charge is 0.225 e. The summed E-state index contributed by atoms with van der Waals surface area (Å²) < 4.78 is 0. The van der Waals surface area contributed by atoms with Crippen molar-refractivity contribution in [2.75, 3.05) is 6.61 Å². The molecule has 0 spiro atoms. The van der Waals surface area contributed by atoms with Crippen LogP contribution in [0.15, 0.2) is 0 Å². The lowest BCUT2D eigenvalue weighted by Crippen LogP contribution is -2.36. The summed E-state index contributed by atoms with van der Waals surface area (Å²) >= 11 is 0. The summed E-state index contributed by atoms with van der Waals surface area (Å²) in [6.45, 7) is 5.64. The first-order valence-corrected chi connectivity index (χ1v) is 4.03. The summed E-state index contributed by atoms with van der Waals surface area (Å²) in [5.74, 6) is -0.289. The molecule has 66 valence electrons. The van der Waals surface area contributed by atoms with Crippen LogP contribution in [0.4, 0.5) is 0 Å². The molecule has 0 aromatic rings. The van der Waals surface area contributed by atoms with Crippen molar-refractivity contribution in [3.05, 3.63) is 0 Å². The van der Waals surface area contributed by atoms with E-state index in [2.05, 4.69) is 5.32 Å². The maximum absolute atomic E-state index is 11.1. The van der Waals surface area contributed by atoms with Crippen molar-refractivity contribution >= 4 is 5.91 Å². The number of carbonyl (C=O) groups excluding carboxylic acids is 1. The van der Waals surface area contributed by atoms with Crippen molar-refractivity contribution < 1.29 is 9.90 Å². The molecule has 2 N–H and O–H groups in total. The SMILES string of the molecule is CCC(CO)C(=O)NC(C)C. The van der Waals surface area contributed by atoms with Gasteiger partial charge in [-0.25, -0.2) is 0 Å². The average Bonchev–Trinajstić information content (AvgIpc) is 1.88. The van der Waals surface area contributed by atoms with Gasteiger partial charge in [-0.1, -0.05) is 6.92 Å². The first-order chi connectivity index (χ1) is 5.11. The highest BCUT2D eigenvalue weighted by Crippen LogP contribution is 2.00. The van der Waals surface area contributed by atoms with Gasteiger partial charge in [-0.3, -0.25) is 4.79 Å². The minimum Gasteiger partial charge on any atom is -0.396 e. The third-order valence-corrected chi connectivity index (χ3v) is 1.51. The maximum Gasteiger partial charge on any atom is 0.225 e. The van der Waals surface area contributed by atoms with Crippen molar-refractivity contribution in [2.45, 2.75) is 33.2 Å². The van der Waals surface area contributed by atoms with Crippen LogP contribution in [0.5, 0.6) is 0 Å². The van der Waals surface area contributed by atoms with Crippen LogP contribution in [0.1, 0.15) is 27.2 Å². The average molecular weight is 159 g/mol. The molecule has 1 atom stereocenters. The van der Waals surface area contributed by atoms with Crippen LogP contribution >= 0.6 is 0 Å². The Kier molecular flexibility index (Phi) is 4.86. The van der Waals surface area contributed by atoms with E-state index < -0.39 is 0 Å². The Morgan fingerprint density at radius 2 is 2.09 bits per heavy atom. The molecule has 1 unspecified atom stereocenters. The predicted molar refractivity (Wildman–Crippen MR) is 44.1 cm³/mol. The van der Waals surface area contributed by atoms with Crippen LogP contribution in [0.2, 0.25) is 0 Å². The van der Waals surface area contributed by atoms with Crippen molar-refractivity contribution in [1.29, 1.82) is 0 Å². The Hall–Kier alpha value is -0.570. The van der Waals surface area contributed by atoms with Gasteiger partial charge in [0, 0.05) is 6.04 Å². The van der Waals surface area contributed by atoms with Gasteiger partial charge in [0.25, 0.3) is 0 Å².